The molecule has 0 saturated carbocycles. The predicted molar refractivity (Wildman–Crippen MR) is 144 cm³/mol. The molecule has 4 rings (SSSR count). The molecule has 4 heteroatoms. The second-order valence-corrected chi connectivity index (χ2v) is 11.0. The van der Waals surface area contributed by atoms with Gasteiger partial charge in [0.2, 0.25) is 7.29 Å². The molecule has 2 atom stereocenters. The largest absolute Gasteiger partial charge is 0.308 e. The van der Waals surface area contributed by atoms with Gasteiger partial charge in [0.15, 0.2) is 0 Å². The summed E-state index contributed by atoms with van der Waals surface area (Å²) in [4.78, 5) is 0. The average Bonchev–Trinajstić information content (AvgIpc) is 2.92. The lowest BCUT2D eigenvalue weighted by atomic mass is 9.94. The van der Waals surface area contributed by atoms with Crippen LogP contribution in [0.3, 0.4) is 0 Å². The Hall–Kier alpha value is -2.97. The van der Waals surface area contributed by atoms with Gasteiger partial charge in [-0.05, 0) is 48.4 Å². The van der Waals surface area contributed by atoms with Gasteiger partial charge in [-0.1, -0.05) is 110 Å². The fourth-order valence-corrected chi connectivity index (χ4v) is 6.76. The molecule has 3 nitrogen and oxygen atoms in total. The molecule has 34 heavy (non-hydrogen) atoms. The van der Waals surface area contributed by atoms with Gasteiger partial charge in [-0.2, -0.15) is 0 Å². The van der Waals surface area contributed by atoms with E-state index >= 15 is 0 Å². The Balaban J connectivity index is 1.83. The third-order valence-electron chi connectivity index (χ3n) is 6.11. The van der Waals surface area contributed by atoms with Crippen LogP contribution in [0.2, 0.25) is 0 Å². The number of nitrogens with one attached hydrogen (secondary N) is 2. The van der Waals surface area contributed by atoms with Crippen LogP contribution in [-0.4, -0.2) is 6.54 Å². The van der Waals surface area contributed by atoms with Crippen molar-refractivity contribution in [2.75, 3.05) is 6.54 Å². The molecule has 0 amide bonds. The minimum Gasteiger partial charge on any atom is -0.308 e. The lowest BCUT2D eigenvalue weighted by molar-refractivity contribution is 0.422. The van der Waals surface area contributed by atoms with Gasteiger partial charge in [-0.3, -0.25) is 9.65 Å². The van der Waals surface area contributed by atoms with Gasteiger partial charge in [0.05, 0.1) is 12.1 Å². The molecule has 174 valence electrons. The second-order valence-electron chi connectivity index (χ2n) is 8.49. The van der Waals surface area contributed by atoms with Gasteiger partial charge >= 0.3 is 0 Å². The molecule has 0 heterocycles. The molecule has 4 aromatic rings. The molecule has 2 N–H and O–H groups in total. The van der Waals surface area contributed by atoms with Crippen molar-refractivity contribution in [2.24, 2.45) is 0 Å². The maximum atomic E-state index is 14.9. The van der Waals surface area contributed by atoms with Gasteiger partial charge in [-0.15, -0.1) is 0 Å². The van der Waals surface area contributed by atoms with Gasteiger partial charge in [0.25, 0.3) is 0 Å². The van der Waals surface area contributed by atoms with E-state index in [1.807, 2.05) is 84.9 Å². The molecule has 0 radical (unpaired) electrons. The standard InChI is InChI=1S/C30H33N2OP/c1-2-3-24-31-29(25-16-8-4-9-17-25)30(26-18-10-5-11-19-26)32-34(33,27-20-12-6-13-21-27)28-22-14-7-15-23-28/h4-23,29-31H,2-3,24H2,1H3,(H,32,33)/t29-,30-/m1/s1. The molecule has 0 aliphatic carbocycles. The number of rotatable bonds is 11. The monoisotopic (exact) mass is 468 g/mol. The number of unbranched alkanes of at least 4 members (excludes halogenated alkanes) is 1. The van der Waals surface area contributed by atoms with Crippen molar-refractivity contribution < 1.29 is 4.57 Å². The van der Waals surface area contributed by atoms with E-state index in [1.54, 1.807) is 0 Å². The van der Waals surface area contributed by atoms with Gasteiger partial charge in [0, 0.05) is 10.6 Å². The molecule has 4 aromatic carbocycles. The fourth-order valence-electron chi connectivity index (χ4n) is 4.29. The molecule has 0 spiro atoms. The maximum absolute atomic E-state index is 14.9. The summed E-state index contributed by atoms with van der Waals surface area (Å²) in [6.45, 7) is 3.09. The zero-order valence-electron chi connectivity index (χ0n) is 19.7. The molecule has 0 aliphatic rings. The van der Waals surface area contributed by atoms with Crippen molar-refractivity contribution in [1.82, 2.24) is 10.4 Å². The van der Waals surface area contributed by atoms with Crippen LogP contribution in [0.1, 0.15) is 43.0 Å². The molecule has 0 unspecified atom stereocenters. The van der Waals surface area contributed by atoms with E-state index < -0.39 is 7.29 Å². The first kappa shape index (κ1) is 24.2. The molecule has 0 bridgehead atoms. The summed E-state index contributed by atoms with van der Waals surface area (Å²) in [5, 5.41) is 9.09. The van der Waals surface area contributed by atoms with Crippen LogP contribution in [-0.2, 0) is 4.57 Å². The minimum atomic E-state index is -3.15. The summed E-state index contributed by atoms with van der Waals surface area (Å²) < 4.78 is 14.9. The molecule has 0 aromatic heterocycles. The Morgan fingerprint density at radius 1 is 0.618 bits per heavy atom. The number of hydrogen-bond acceptors (Lipinski definition) is 2. The Kier molecular flexibility index (Phi) is 8.49. The minimum absolute atomic E-state index is 0.0455. The number of hydrogen-bond donors (Lipinski definition) is 2. The summed E-state index contributed by atoms with van der Waals surface area (Å²) in [6, 6.07) is 40.2. The zero-order valence-corrected chi connectivity index (χ0v) is 20.6. The topological polar surface area (TPSA) is 41.1 Å². The van der Waals surface area contributed by atoms with Crippen LogP contribution in [0.25, 0.3) is 0 Å². The molecular weight excluding hydrogens is 435 g/mol. The molecular formula is C30H33N2OP. The molecule has 0 saturated heterocycles. The van der Waals surface area contributed by atoms with Crippen molar-refractivity contribution in [1.29, 1.82) is 0 Å². The summed E-state index contributed by atoms with van der Waals surface area (Å²) in [5.41, 5.74) is 2.28. The van der Waals surface area contributed by atoms with Gasteiger partial charge in [0.1, 0.15) is 0 Å². The van der Waals surface area contributed by atoms with Crippen LogP contribution < -0.4 is 21.0 Å². The third kappa shape index (κ3) is 5.74. The maximum Gasteiger partial charge on any atom is 0.205 e. The van der Waals surface area contributed by atoms with E-state index in [4.69, 9.17) is 0 Å². The average molecular weight is 469 g/mol. The Labute approximate surface area is 203 Å². The van der Waals surface area contributed by atoms with Crippen molar-refractivity contribution in [3.63, 3.8) is 0 Å². The zero-order chi connectivity index (χ0) is 23.6. The predicted octanol–water partition coefficient (Wildman–Crippen LogP) is 6.38. The lowest BCUT2D eigenvalue weighted by Gasteiger charge is -2.34. The lowest BCUT2D eigenvalue weighted by Crippen LogP contribution is -2.38. The summed E-state index contributed by atoms with van der Waals surface area (Å²) >= 11 is 0. The Morgan fingerprint density at radius 3 is 1.47 bits per heavy atom. The first-order chi connectivity index (χ1) is 16.7. The molecule has 0 fully saturated rings. The first-order valence-corrected chi connectivity index (χ1v) is 13.8. The summed E-state index contributed by atoms with van der Waals surface area (Å²) in [6.07, 6.45) is 2.20. The van der Waals surface area contributed by atoms with E-state index in [0.29, 0.717) is 0 Å². The molecule has 0 aliphatic heterocycles. The SMILES string of the molecule is CCCCN[C@H](c1ccccc1)[C@H](NP(=O)(c1ccccc1)c1ccccc1)c1ccccc1. The van der Waals surface area contributed by atoms with Crippen LogP contribution >= 0.6 is 7.29 Å². The smallest absolute Gasteiger partial charge is 0.205 e. The van der Waals surface area contributed by atoms with E-state index in [-0.39, 0.29) is 12.1 Å². The first-order valence-electron chi connectivity index (χ1n) is 12.0. The van der Waals surface area contributed by atoms with Crippen molar-refractivity contribution in [3.05, 3.63) is 132 Å². The summed E-state index contributed by atoms with van der Waals surface area (Å²) in [5.74, 6) is 0. The van der Waals surface area contributed by atoms with E-state index in [0.717, 1.165) is 35.6 Å². The highest BCUT2D eigenvalue weighted by molar-refractivity contribution is 7.76. The fraction of sp³-hybridized carbons (Fsp3) is 0.200. The van der Waals surface area contributed by atoms with Crippen LogP contribution in [0.4, 0.5) is 0 Å². The van der Waals surface area contributed by atoms with E-state index in [1.165, 1.54) is 5.56 Å². The Morgan fingerprint density at radius 2 is 1.03 bits per heavy atom. The third-order valence-corrected chi connectivity index (χ3v) is 8.80. The van der Waals surface area contributed by atoms with Crippen LogP contribution in [0.5, 0.6) is 0 Å². The van der Waals surface area contributed by atoms with Crippen molar-refractivity contribution >= 4 is 17.9 Å². The van der Waals surface area contributed by atoms with E-state index in [9.17, 15) is 4.57 Å². The van der Waals surface area contributed by atoms with Gasteiger partial charge < -0.3 is 5.32 Å². The van der Waals surface area contributed by atoms with Crippen LogP contribution in [0, 0.1) is 0 Å². The van der Waals surface area contributed by atoms with Crippen molar-refractivity contribution in [3.8, 4) is 0 Å². The quantitative estimate of drug-likeness (QED) is 0.198. The second kappa shape index (κ2) is 11.9. The van der Waals surface area contributed by atoms with E-state index in [2.05, 4.69) is 53.7 Å². The highest BCUT2D eigenvalue weighted by Crippen LogP contribution is 2.44. The van der Waals surface area contributed by atoms with Crippen molar-refractivity contribution in [2.45, 2.75) is 31.8 Å². The highest BCUT2D eigenvalue weighted by Gasteiger charge is 2.34. The normalized spacial score (nSPS) is 13.3. The highest BCUT2D eigenvalue weighted by atomic mass is 31.2. The number of benzene rings is 4. The Bertz CT molecular complexity index is 1120. The van der Waals surface area contributed by atoms with Gasteiger partial charge in [-0.25, -0.2) is 0 Å². The van der Waals surface area contributed by atoms with Crippen LogP contribution in [0.15, 0.2) is 121 Å². The summed E-state index contributed by atoms with van der Waals surface area (Å²) in [7, 11) is -3.15.